The molecular formula is C23H20N2O3. The van der Waals surface area contributed by atoms with Crippen LogP contribution in [0.5, 0.6) is 5.75 Å². The number of amides is 1. The molecule has 3 aromatic carbocycles. The fraction of sp³-hybridized carbons (Fsp3) is 0.130. The highest BCUT2D eigenvalue weighted by Gasteiger charge is 2.10. The number of ether oxygens (including phenoxy) is 1. The predicted octanol–water partition coefficient (Wildman–Crippen LogP) is 5.13. The molecule has 0 bridgehead atoms. The van der Waals surface area contributed by atoms with Crippen LogP contribution < -0.4 is 10.1 Å². The summed E-state index contributed by atoms with van der Waals surface area (Å²) in [4.78, 5) is 16.7. The fourth-order valence-electron chi connectivity index (χ4n) is 2.88. The van der Waals surface area contributed by atoms with E-state index >= 15 is 0 Å². The van der Waals surface area contributed by atoms with Crippen molar-refractivity contribution in [2.24, 2.45) is 0 Å². The Morgan fingerprint density at radius 1 is 1.00 bits per heavy atom. The van der Waals surface area contributed by atoms with Gasteiger partial charge in [-0.15, -0.1) is 0 Å². The number of aryl methyl sites for hydroxylation is 2. The fourth-order valence-corrected chi connectivity index (χ4v) is 2.88. The summed E-state index contributed by atoms with van der Waals surface area (Å²) in [5.41, 5.74) is 5.30. The van der Waals surface area contributed by atoms with E-state index < -0.39 is 0 Å². The molecule has 1 amide bonds. The van der Waals surface area contributed by atoms with Crippen LogP contribution in [0.1, 0.15) is 11.1 Å². The number of nitrogens with one attached hydrogen (secondary N) is 1. The van der Waals surface area contributed by atoms with E-state index in [1.165, 1.54) is 5.56 Å². The number of nitrogens with zero attached hydrogens (tertiary/aromatic N) is 1. The second kappa shape index (κ2) is 7.56. The minimum Gasteiger partial charge on any atom is -0.484 e. The van der Waals surface area contributed by atoms with E-state index in [1.807, 2.05) is 80.6 Å². The number of anilines is 1. The second-order valence-corrected chi connectivity index (χ2v) is 6.65. The highest BCUT2D eigenvalue weighted by molar-refractivity contribution is 5.92. The summed E-state index contributed by atoms with van der Waals surface area (Å²) in [6, 6.07) is 20.8. The smallest absolute Gasteiger partial charge is 0.262 e. The van der Waals surface area contributed by atoms with Gasteiger partial charge in [-0.25, -0.2) is 4.98 Å². The van der Waals surface area contributed by atoms with E-state index in [1.54, 1.807) is 0 Å². The lowest BCUT2D eigenvalue weighted by Crippen LogP contribution is -2.20. The summed E-state index contributed by atoms with van der Waals surface area (Å²) < 4.78 is 11.4. The van der Waals surface area contributed by atoms with Crippen molar-refractivity contribution < 1.29 is 13.9 Å². The number of carbonyl (C=O) groups excluding carboxylic acids is 1. The zero-order valence-corrected chi connectivity index (χ0v) is 15.7. The first-order valence-corrected chi connectivity index (χ1v) is 9.04. The first kappa shape index (κ1) is 17.8. The zero-order chi connectivity index (χ0) is 19.5. The first-order chi connectivity index (χ1) is 13.6. The van der Waals surface area contributed by atoms with Crippen LogP contribution in [0.25, 0.3) is 22.6 Å². The van der Waals surface area contributed by atoms with Gasteiger partial charge in [0.1, 0.15) is 11.3 Å². The summed E-state index contributed by atoms with van der Waals surface area (Å²) in [6.45, 7) is 3.99. The Kier molecular flexibility index (Phi) is 4.81. The standard InChI is InChI=1S/C23H20N2O3/c1-15-10-11-19(12-16(15)2)27-14-22(26)24-18-7-5-6-17(13-18)23-25-20-8-3-4-9-21(20)28-23/h3-13H,14H2,1-2H3,(H,24,26). The van der Waals surface area contributed by atoms with Gasteiger partial charge < -0.3 is 14.5 Å². The van der Waals surface area contributed by atoms with Crippen molar-refractivity contribution in [2.75, 3.05) is 11.9 Å². The average Bonchev–Trinajstić information content (AvgIpc) is 3.13. The van der Waals surface area contributed by atoms with Gasteiger partial charge in [-0.3, -0.25) is 4.79 Å². The average molecular weight is 372 g/mol. The van der Waals surface area contributed by atoms with Gasteiger partial charge in [-0.05, 0) is 67.4 Å². The Bertz CT molecular complexity index is 1110. The van der Waals surface area contributed by atoms with Crippen molar-refractivity contribution in [3.05, 3.63) is 77.9 Å². The normalized spacial score (nSPS) is 10.8. The molecule has 0 aliphatic carbocycles. The van der Waals surface area contributed by atoms with E-state index in [0.717, 1.165) is 22.2 Å². The van der Waals surface area contributed by atoms with Crippen LogP contribution in [-0.2, 0) is 4.79 Å². The van der Waals surface area contributed by atoms with Crippen molar-refractivity contribution in [2.45, 2.75) is 13.8 Å². The zero-order valence-electron chi connectivity index (χ0n) is 15.7. The van der Waals surface area contributed by atoms with Gasteiger partial charge in [0, 0.05) is 11.3 Å². The molecule has 0 saturated carbocycles. The number of hydrogen-bond donors (Lipinski definition) is 1. The van der Waals surface area contributed by atoms with E-state index in [2.05, 4.69) is 10.3 Å². The number of rotatable bonds is 5. The Labute approximate surface area is 163 Å². The third-order valence-corrected chi connectivity index (χ3v) is 4.54. The minimum atomic E-state index is -0.229. The van der Waals surface area contributed by atoms with Crippen LogP contribution in [-0.4, -0.2) is 17.5 Å². The number of benzene rings is 3. The van der Waals surface area contributed by atoms with E-state index in [0.29, 0.717) is 17.3 Å². The lowest BCUT2D eigenvalue weighted by molar-refractivity contribution is -0.118. The summed E-state index contributed by atoms with van der Waals surface area (Å²) in [5.74, 6) is 0.968. The molecule has 0 unspecified atom stereocenters. The number of para-hydroxylation sites is 2. The summed E-state index contributed by atoms with van der Waals surface area (Å²) in [5, 5.41) is 2.85. The van der Waals surface area contributed by atoms with Crippen molar-refractivity contribution in [3.63, 3.8) is 0 Å². The number of aromatic nitrogens is 1. The van der Waals surface area contributed by atoms with Crippen LogP contribution in [0.2, 0.25) is 0 Å². The Hall–Kier alpha value is -3.60. The van der Waals surface area contributed by atoms with Gasteiger partial charge in [0.25, 0.3) is 5.91 Å². The molecule has 28 heavy (non-hydrogen) atoms. The molecule has 0 spiro atoms. The van der Waals surface area contributed by atoms with Crippen LogP contribution in [0.4, 0.5) is 5.69 Å². The van der Waals surface area contributed by atoms with E-state index in [-0.39, 0.29) is 12.5 Å². The third kappa shape index (κ3) is 3.88. The largest absolute Gasteiger partial charge is 0.484 e. The van der Waals surface area contributed by atoms with Gasteiger partial charge in [0.05, 0.1) is 0 Å². The highest BCUT2D eigenvalue weighted by atomic mass is 16.5. The molecule has 0 radical (unpaired) electrons. The third-order valence-electron chi connectivity index (χ3n) is 4.54. The molecule has 5 nitrogen and oxygen atoms in total. The van der Waals surface area contributed by atoms with Gasteiger partial charge in [-0.1, -0.05) is 24.3 Å². The molecule has 0 aliphatic rings. The molecule has 1 N–H and O–H groups in total. The molecule has 0 aliphatic heterocycles. The van der Waals surface area contributed by atoms with E-state index in [9.17, 15) is 4.79 Å². The SMILES string of the molecule is Cc1ccc(OCC(=O)Nc2cccc(-c3nc4ccccc4o3)c2)cc1C. The van der Waals surface area contributed by atoms with Gasteiger partial charge in [0.2, 0.25) is 5.89 Å². The Morgan fingerprint density at radius 3 is 2.68 bits per heavy atom. The first-order valence-electron chi connectivity index (χ1n) is 9.04. The molecular weight excluding hydrogens is 352 g/mol. The summed E-state index contributed by atoms with van der Waals surface area (Å²) >= 11 is 0. The predicted molar refractivity (Wildman–Crippen MR) is 109 cm³/mol. The van der Waals surface area contributed by atoms with Crippen molar-refractivity contribution >= 4 is 22.7 Å². The molecule has 4 aromatic rings. The number of hydrogen-bond acceptors (Lipinski definition) is 4. The summed E-state index contributed by atoms with van der Waals surface area (Å²) in [6.07, 6.45) is 0. The summed E-state index contributed by atoms with van der Waals surface area (Å²) in [7, 11) is 0. The van der Waals surface area contributed by atoms with Crippen molar-refractivity contribution in [1.29, 1.82) is 0 Å². The molecule has 140 valence electrons. The maximum atomic E-state index is 12.3. The topological polar surface area (TPSA) is 64.4 Å². The van der Waals surface area contributed by atoms with Gasteiger partial charge >= 0.3 is 0 Å². The van der Waals surface area contributed by atoms with Crippen LogP contribution >= 0.6 is 0 Å². The van der Waals surface area contributed by atoms with Crippen molar-refractivity contribution in [3.8, 4) is 17.2 Å². The maximum absolute atomic E-state index is 12.3. The maximum Gasteiger partial charge on any atom is 0.262 e. The Morgan fingerprint density at radius 2 is 1.86 bits per heavy atom. The Balaban J connectivity index is 1.44. The van der Waals surface area contributed by atoms with Crippen LogP contribution in [0, 0.1) is 13.8 Å². The minimum absolute atomic E-state index is 0.0599. The molecule has 5 heteroatoms. The van der Waals surface area contributed by atoms with Gasteiger partial charge in [-0.2, -0.15) is 0 Å². The van der Waals surface area contributed by atoms with Gasteiger partial charge in [0.15, 0.2) is 12.2 Å². The van der Waals surface area contributed by atoms with Crippen LogP contribution in [0.15, 0.2) is 71.1 Å². The monoisotopic (exact) mass is 372 g/mol. The van der Waals surface area contributed by atoms with Crippen molar-refractivity contribution in [1.82, 2.24) is 4.98 Å². The molecule has 4 rings (SSSR count). The molecule has 0 atom stereocenters. The lowest BCUT2D eigenvalue weighted by atomic mass is 10.1. The number of carbonyl (C=O) groups is 1. The highest BCUT2D eigenvalue weighted by Crippen LogP contribution is 2.26. The number of oxazole rings is 1. The lowest BCUT2D eigenvalue weighted by Gasteiger charge is -2.09. The molecule has 0 fully saturated rings. The molecule has 1 heterocycles. The number of fused-ring (bicyclic) bond motifs is 1. The van der Waals surface area contributed by atoms with Crippen LogP contribution in [0.3, 0.4) is 0 Å². The molecule has 1 aromatic heterocycles. The quantitative estimate of drug-likeness (QED) is 0.527. The van der Waals surface area contributed by atoms with E-state index in [4.69, 9.17) is 9.15 Å². The molecule has 0 saturated heterocycles. The second-order valence-electron chi connectivity index (χ2n) is 6.65.